The van der Waals surface area contributed by atoms with Crippen molar-refractivity contribution in [3.63, 3.8) is 0 Å². The van der Waals surface area contributed by atoms with Crippen LogP contribution in [0.1, 0.15) is 29.4 Å². The minimum absolute atomic E-state index is 0. The van der Waals surface area contributed by atoms with Crippen LogP contribution in [-0.4, -0.2) is 35.4 Å². The molecule has 0 aliphatic carbocycles. The second kappa shape index (κ2) is 8.96. The van der Waals surface area contributed by atoms with Crippen molar-refractivity contribution in [3.8, 4) is 10.6 Å². The number of benzene rings is 1. The molecule has 5 nitrogen and oxygen atoms in total. The number of primary amides is 1. The predicted molar refractivity (Wildman–Crippen MR) is 108 cm³/mol. The van der Waals surface area contributed by atoms with Gasteiger partial charge in [-0.3, -0.25) is 9.69 Å². The number of carbonyl (C=O) groups is 1. The Morgan fingerprint density at radius 2 is 2.00 bits per heavy atom. The maximum absolute atomic E-state index is 11.1. The first-order chi connectivity index (χ1) is 11.0. The minimum Gasteiger partial charge on any atom is -0.366 e. The summed E-state index contributed by atoms with van der Waals surface area (Å²) in [6, 6.07) is 7.27. The lowest BCUT2D eigenvalue weighted by molar-refractivity contribution is 0.100. The van der Waals surface area contributed by atoms with Crippen LogP contribution < -0.4 is 11.5 Å². The average Bonchev–Trinajstić information content (AvgIpc) is 3.15. The SMILES string of the molecule is CC1(CN)CCN(Cc2csc(-c3ccc(C(N)=O)cc3)n2)C1.Cl.Cl. The highest BCUT2D eigenvalue weighted by Crippen LogP contribution is 2.30. The van der Waals surface area contributed by atoms with Gasteiger partial charge >= 0.3 is 0 Å². The van der Waals surface area contributed by atoms with Gasteiger partial charge in [0.15, 0.2) is 0 Å². The Kier molecular flexibility index (Phi) is 7.84. The molecule has 1 aromatic heterocycles. The molecule has 138 valence electrons. The molecule has 4 N–H and O–H groups in total. The Labute approximate surface area is 164 Å². The fourth-order valence-corrected chi connectivity index (χ4v) is 3.76. The zero-order chi connectivity index (χ0) is 16.4. The van der Waals surface area contributed by atoms with E-state index in [1.54, 1.807) is 23.5 Å². The summed E-state index contributed by atoms with van der Waals surface area (Å²) in [5.74, 6) is -0.409. The van der Waals surface area contributed by atoms with Crippen molar-refractivity contribution in [2.24, 2.45) is 16.9 Å². The van der Waals surface area contributed by atoms with Gasteiger partial charge in [-0.05, 0) is 37.1 Å². The van der Waals surface area contributed by atoms with Crippen LogP contribution in [0.5, 0.6) is 0 Å². The van der Waals surface area contributed by atoms with Crippen LogP contribution in [0.4, 0.5) is 0 Å². The molecule has 1 fully saturated rings. The molecule has 0 spiro atoms. The highest BCUT2D eigenvalue weighted by molar-refractivity contribution is 7.13. The van der Waals surface area contributed by atoms with Gasteiger partial charge < -0.3 is 11.5 Å². The van der Waals surface area contributed by atoms with Crippen LogP contribution in [-0.2, 0) is 6.54 Å². The number of likely N-dealkylation sites (tertiary alicyclic amines) is 1. The van der Waals surface area contributed by atoms with E-state index in [0.717, 1.165) is 48.9 Å². The number of carbonyl (C=O) groups excluding carboxylic acids is 1. The minimum atomic E-state index is -0.409. The molecule has 1 saturated heterocycles. The second-order valence-corrected chi connectivity index (χ2v) is 7.42. The third kappa shape index (κ3) is 5.15. The molecular formula is C17H24Cl2N4OS. The van der Waals surface area contributed by atoms with Crippen LogP contribution in [0, 0.1) is 5.41 Å². The Morgan fingerprint density at radius 3 is 2.56 bits per heavy atom. The molecule has 2 aromatic rings. The van der Waals surface area contributed by atoms with Crippen molar-refractivity contribution in [2.45, 2.75) is 19.9 Å². The summed E-state index contributed by atoms with van der Waals surface area (Å²) >= 11 is 1.63. The molecule has 0 bridgehead atoms. The lowest BCUT2D eigenvalue weighted by atomic mass is 9.90. The van der Waals surface area contributed by atoms with Crippen LogP contribution in [0.3, 0.4) is 0 Å². The van der Waals surface area contributed by atoms with E-state index in [-0.39, 0.29) is 30.2 Å². The van der Waals surface area contributed by atoms with Gasteiger partial charge in [0.25, 0.3) is 0 Å². The van der Waals surface area contributed by atoms with E-state index in [0.29, 0.717) is 5.56 Å². The summed E-state index contributed by atoms with van der Waals surface area (Å²) < 4.78 is 0. The van der Waals surface area contributed by atoms with Crippen molar-refractivity contribution in [3.05, 3.63) is 40.9 Å². The lowest BCUT2D eigenvalue weighted by Crippen LogP contribution is -2.31. The largest absolute Gasteiger partial charge is 0.366 e. The Morgan fingerprint density at radius 1 is 1.32 bits per heavy atom. The summed E-state index contributed by atoms with van der Waals surface area (Å²) in [7, 11) is 0. The highest BCUT2D eigenvalue weighted by Gasteiger charge is 2.32. The summed E-state index contributed by atoms with van der Waals surface area (Å²) in [5.41, 5.74) is 14.0. The maximum Gasteiger partial charge on any atom is 0.248 e. The maximum atomic E-state index is 11.1. The quantitative estimate of drug-likeness (QED) is 0.804. The van der Waals surface area contributed by atoms with Crippen molar-refractivity contribution >= 4 is 42.1 Å². The lowest BCUT2D eigenvalue weighted by Gasteiger charge is -2.22. The van der Waals surface area contributed by atoms with Gasteiger partial charge in [0.2, 0.25) is 5.91 Å². The number of aromatic nitrogens is 1. The third-order valence-corrected chi connectivity index (χ3v) is 5.42. The van der Waals surface area contributed by atoms with Crippen molar-refractivity contribution in [1.82, 2.24) is 9.88 Å². The number of nitrogens with two attached hydrogens (primary N) is 2. The molecule has 3 rings (SSSR count). The van der Waals surface area contributed by atoms with Gasteiger partial charge in [0.05, 0.1) is 5.69 Å². The molecule has 25 heavy (non-hydrogen) atoms. The molecule has 0 saturated carbocycles. The zero-order valence-corrected chi connectivity index (χ0v) is 16.6. The molecule has 8 heteroatoms. The van der Waals surface area contributed by atoms with Gasteiger partial charge in [-0.15, -0.1) is 36.2 Å². The molecule has 1 amide bonds. The van der Waals surface area contributed by atoms with E-state index in [1.165, 1.54) is 0 Å². The van der Waals surface area contributed by atoms with E-state index in [1.807, 2.05) is 12.1 Å². The number of thiazole rings is 1. The average molecular weight is 403 g/mol. The fourth-order valence-electron chi connectivity index (χ4n) is 2.95. The molecule has 1 aliphatic rings. The van der Waals surface area contributed by atoms with Crippen molar-refractivity contribution < 1.29 is 4.79 Å². The summed E-state index contributed by atoms with van der Waals surface area (Å²) in [6.45, 7) is 5.96. The van der Waals surface area contributed by atoms with E-state index in [4.69, 9.17) is 16.5 Å². The van der Waals surface area contributed by atoms with Gasteiger partial charge in [-0.2, -0.15) is 0 Å². The Bertz CT molecular complexity index is 707. The number of hydrogen-bond donors (Lipinski definition) is 2. The monoisotopic (exact) mass is 402 g/mol. The summed E-state index contributed by atoms with van der Waals surface area (Å²) in [5, 5.41) is 3.08. The molecule has 1 aromatic carbocycles. The topological polar surface area (TPSA) is 85.2 Å². The number of hydrogen-bond acceptors (Lipinski definition) is 5. The molecule has 1 unspecified atom stereocenters. The van der Waals surface area contributed by atoms with Gasteiger partial charge in [0, 0.05) is 29.6 Å². The molecule has 0 radical (unpaired) electrons. The van der Waals surface area contributed by atoms with Gasteiger partial charge in [-0.1, -0.05) is 19.1 Å². The Hall–Kier alpha value is -1.18. The van der Waals surface area contributed by atoms with Crippen LogP contribution in [0.15, 0.2) is 29.6 Å². The van der Waals surface area contributed by atoms with Crippen LogP contribution >= 0.6 is 36.2 Å². The number of rotatable bonds is 5. The van der Waals surface area contributed by atoms with Crippen molar-refractivity contribution in [2.75, 3.05) is 19.6 Å². The fraction of sp³-hybridized carbons (Fsp3) is 0.412. The van der Waals surface area contributed by atoms with Gasteiger partial charge in [0.1, 0.15) is 5.01 Å². The smallest absolute Gasteiger partial charge is 0.248 e. The predicted octanol–water partition coefficient (Wildman–Crippen LogP) is 2.92. The number of nitrogens with zero attached hydrogens (tertiary/aromatic N) is 2. The Balaban J connectivity index is 0.00000156. The molecular weight excluding hydrogens is 379 g/mol. The van der Waals surface area contributed by atoms with E-state index >= 15 is 0 Å². The zero-order valence-electron chi connectivity index (χ0n) is 14.1. The van der Waals surface area contributed by atoms with E-state index in [2.05, 4.69) is 17.2 Å². The van der Waals surface area contributed by atoms with Crippen LogP contribution in [0.25, 0.3) is 10.6 Å². The first-order valence-electron chi connectivity index (χ1n) is 7.76. The first-order valence-corrected chi connectivity index (χ1v) is 8.64. The van der Waals surface area contributed by atoms with Crippen LogP contribution in [0.2, 0.25) is 0 Å². The summed E-state index contributed by atoms with van der Waals surface area (Å²) in [4.78, 5) is 18.3. The summed E-state index contributed by atoms with van der Waals surface area (Å²) in [6.07, 6.45) is 1.15. The van der Waals surface area contributed by atoms with E-state index < -0.39 is 5.91 Å². The number of halogens is 2. The van der Waals surface area contributed by atoms with E-state index in [9.17, 15) is 4.79 Å². The second-order valence-electron chi connectivity index (χ2n) is 6.56. The standard InChI is InChI=1S/C17H22N4OS.2ClH/c1-17(10-18)6-7-21(11-17)8-14-9-23-16(20-14)13-4-2-12(3-5-13)15(19)22;;/h2-5,9H,6-8,10-11,18H2,1H3,(H2,19,22);2*1H. The highest BCUT2D eigenvalue weighted by atomic mass is 35.5. The third-order valence-electron chi connectivity index (χ3n) is 4.48. The van der Waals surface area contributed by atoms with Crippen molar-refractivity contribution in [1.29, 1.82) is 0 Å². The molecule has 1 aliphatic heterocycles. The number of amides is 1. The van der Waals surface area contributed by atoms with Gasteiger partial charge in [-0.25, -0.2) is 4.98 Å². The normalized spacial score (nSPS) is 19.9. The molecule has 1 atom stereocenters. The first kappa shape index (κ1) is 21.9. The molecule has 2 heterocycles.